The second kappa shape index (κ2) is 22.4. The van der Waals surface area contributed by atoms with Crippen LogP contribution in [0.2, 0.25) is 0 Å². The molecule has 4 aliphatic rings. The molecule has 0 unspecified atom stereocenters. The Morgan fingerprint density at radius 2 is 0.963 bits per heavy atom. The Bertz CT molecular complexity index is 3670. The van der Waals surface area contributed by atoms with Gasteiger partial charge in [-0.3, -0.25) is 4.99 Å². The highest BCUT2D eigenvalue weighted by molar-refractivity contribution is 7.19. The minimum Gasteiger partial charge on any atom is -0.418 e. The van der Waals surface area contributed by atoms with Crippen molar-refractivity contribution in [1.29, 1.82) is 0 Å². The summed E-state index contributed by atoms with van der Waals surface area (Å²) < 4.78 is 11.8. The van der Waals surface area contributed by atoms with Gasteiger partial charge >= 0.3 is 0 Å². The highest BCUT2D eigenvalue weighted by Gasteiger charge is 2.29. The summed E-state index contributed by atoms with van der Waals surface area (Å²) in [5, 5.41) is 4.76. The van der Waals surface area contributed by atoms with Crippen molar-refractivity contribution in [3.05, 3.63) is 147 Å². The molecule has 9 nitrogen and oxygen atoms in total. The van der Waals surface area contributed by atoms with Gasteiger partial charge in [0.25, 0.3) is 0 Å². The number of hydrogen-bond acceptors (Lipinski definition) is 10. The lowest BCUT2D eigenvalue weighted by Crippen LogP contribution is -2.17. The molecular formula is C71H85N7O2S. The van der Waals surface area contributed by atoms with Crippen molar-refractivity contribution in [1.82, 2.24) is 15.0 Å². The Morgan fingerprint density at radius 3 is 1.49 bits per heavy atom. The van der Waals surface area contributed by atoms with Crippen LogP contribution in [0.25, 0.3) is 44.3 Å². The van der Waals surface area contributed by atoms with Gasteiger partial charge in [0.05, 0.1) is 11.4 Å². The van der Waals surface area contributed by atoms with Crippen molar-refractivity contribution >= 4 is 67.4 Å². The van der Waals surface area contributed by atoms with E-state index in [1.54, 1.807) is 11.3 Å². The van der Waals surface area contributed by atoms with Crippen LogP contribution in [-0.2, 0) is 47.3 Å². The number of thiazole rings is 1. The van der Waals surface area contributed by atoms with Crippen LogP contribution in [0, 0.1) is 0 Å². The van der Waals surface area contributed by atoms with Gasteiger partial charge in [0.1, 0.15) is 21.4 Å². The van der Waals surface area contributed by atoms with Crippen molar-refractivity contribution in [2.24, 2.45) is 20.0 Å². The highest BCUT2D eigenvalue weighted by Crippen LogP contribution is 2.44. The van der Waals surface area contributed by atoms with Crippen molar-refractivity contribution in [3.8, 4) is 33.5 Å². The molecule has 0 amide bonds. The number of fused-ring (bicyclic) bond motifs is 6. The standard InChI is InChI=1S/C20H26N2O.C20H26N2S.C18H22N2O.C13H11N/c2*1-12-10-16-18(21-12)23-17(22-16)14-9-8-13(19(2,3)4)11-15(14)20(5,6)7;1-10(2)13-6-7-14(15(9-13)11(3)4)17-20-16-8-12(5)19-18(16)21-17;1-9-8-11-7-6-10-4-2-3-5-12(10)13(11)14-9/h2*8-9,11H,10H2,1-7H3;6-7,9-11H,8H2,1-5H3;2-7H,8H2,1H3. The summed E-state index contributed by atoms with van der Waals surface area (Å²) in [4.78, 5) is 32.3. The van der Waals surface area contributed by atoms with Gasteiger partial charge in [0, 0.05) is 70.6 Å². The molecule has 0 bridgehead atoms. The van der Waals surface area contributed by atoms with E-state index in [9.17, 15) is 0 Å². The Labute approximate surface area is 486 Å². The van der Waals surface area contributed by atoms with E-state index in [1.165, 1.54) is 72.4 Å². The largest absolute Gasteiger partial charge is 0.418 e. The molecule has 4 aliphatic heterocycles. The Kier molecular flexibility index (Phi) is 16.3. The molecule has 3 aromatic heterocycles. The Morgan fingerprint density at radius 1 is 0.457 bits per heavy atom. The van der Waals surface area contributed by atoms with Crippen LogP contribution in [0.4, 0.5) is 22.5 Å². The van der Waals surface area contributed by atoms with Gasteiger partial charge in [0.2, 0.25) is 23.5 Å². The van der Waals surface area contributed by atoms with E-state index in [0.29, 0.717) is 35.4 Å². The van der Waals surface area contributed by atoms with Gasteiger partial charge in [-0.2, -0.15) is 0 Å². The number of nitrogens with zero attached hydrogens (tertiary/aromatic N) is 7. The van der Waals surface area contributed by atoms with Crippen molar-refractivity contribution in [2.75, 3.05) is 0 Å². The summed E-state index contributed by atoms with van der Waals surface area (Å²) in [7, 11) is 0. The third-order valence-electron chi connectivity index (χ3n) is 15.4. The molecule has 0 fully saturated rings. The summed E-state index contributed by atoms with van der Waals surface area (Å²) >= 11 is 1.72. The third kappa shape index (κ3) is 13.1. The topological polar surface area (TPSA) is 114 Å². The molecule has 12 rings (SSSR count). The monoisotopic (exact) mass is 1100 g/mol. The number of oxazole rings is 2. The zero-order valence-corrected chi connectivity index (χ0v) is 52.8. The molecule has 422 valence electrons. The number of hydrogen-bond donors (Lipinski definition) is 0. The minimum absolute atomic E-state index is 0.0225. The lowest BCUT2D eigenvalue weighted by molar-refractivity contribution is 0.557. The molecule has 7 heterocycles. The average Bonchev–Trinajstić information content (AvgIpc) is 4.41. The van der Waals surface area contributed by atoms with Gasteiger partial charge in [-0.1, -0.05) is 201 Å². The summed E-state index contributed by atoms with van der Waals surface area (Å²) in [5.41, 5.74) is 22.0. The average molecular weight is 1100 g/mol. The van der Waals surface area contributed by atoms with Crippen LogP contribution in [0.5, 0.6) is 0 Å². The second-order valence-electron chi connectivity index (χ2n) is 27.4. The molecule has 5 aromatic carbocycles. The lowest BCUT2D eigenvalue weighted by Gasteiger charge is -2.27. The van der Waals surface area contributed by atoms with Gasteiger partial charge < -0.3 is 8.83 Å². The van der Waals surface area contributed by atoms with Crippen LogP contribution in [0.1, 0.15) is 206 Å². The van der Waals surface area contributed by atoms with Crippen LogP contribution in [0.15, 0.2) is 120 Å². The first-order valence-electron chi connectivity index (χ1n) is 29.0. The maximum atomic E-state index is 5.95. The second-order valence-corrected chi connectivity index (χ2v) is 28.4. The SMILES string of the molecule is CC1=Nc2c(ccc3ccccc23)C1.CC1=Nc2oc(-c3ccc(C(C)(C)C)cc3C(C)(C)C)nc2C1.CC1=Nc2oc(-c3ccc(C(C)C)cc3C(C)C)nc2C1.CC1=Nc2sc(-c3ccc(C(C)(C)C)cc3C(C)(C)C)nc2C1. The predicted octanol–water partition coefficient (Wildman–Crippen LogP) is 20.4. The van der Waals surface area contributed by atoms with E-state index < -0.39 is 0 Å². The first kappa shape index (κ1) is 58.7. The molecule has 81 heavy (non-hydrogen) atoms. The van der Waals surface area contributed by atoms with Crippen molar-refractivity contribution < 1.29 is 8.83 Å². The predicted molar refractivity (Wildman–Crippen MR) is 344 cm³/mol. The van der Waals surface area contributed by atoms with Gasteiger partial charge in [-0.05, 0) is 118 Å². The molecular weight excluding hydrogens is 1010 g/mol. The molecule has 0 radical (unpaired) electrons. The first-order valence-corrected chi connectivity index (χ1v) is 29.8. The van der Waals surface area contributed by atoms with Crippen LogP contribution >= 0.6 is 11.3 Å². The fourth-order valence-electron chi connectivity index (χ4n) is 10.7. The minimum atomic E-state index is 0.0225. The number of rotatable bonds is 5. The van der Waals surface area contributed by atoms with Crippen LogP contribution in [-0.4, -0.2) is 37.8 Å². The van der Waals surface area contributed by atoms with Crippen LogP contribution < -0.4 is 0 Å². The normalized spacial score (nSPS) is 14.5. The Hall–Kier alpha value is -6.91. The van der Waals surface area contributed by atoms with Gasteiger partial charge in [-0.15, -0.1) is 0 Å². The van der Waals surface area contributed by atoms with Crippen molar-refractivity contribution in [2.45, 2.75) is 198 Å². The molecule has 0 spiro atoms. The van der Waals surface area contributed by atoms with E-state index in [2.05, 4.69) is 241 Å². The summed E-state index contributed by atoms with van der Waals surface area (Å²) in [6, 6.07) is 32.9. The molecule has 0 saturated heterocycles. The van der Waals surface area contributed by atoms with Gasteiger partial charge in [-0.25, -0.2) is 29.9 Å². The number of aliphatic imine (C=N–C) groups is 4. The van der Waals surface area contributed by atoms with Gasteiger partial charge in [0.15, 0.2) is 0 Å². The van der Waals surface area contributed by atoms with E-state index in [0.717, 1.165) is 75.3 Å². The molecule has 0 atom stereocenters. The maximum absolute atomic E-state index is 5.95. The maximum Gasteiger partial charge on any atom is 0.243 e. The molecule has 10 heteroatoms. The first-order chi connectivity index (χ1) is 37.9. The summed E-state index contributed by atoms with van der Waals surface area (Å²) in [6.07, 6.45) is 3.51. The molecule has 0 aliphatic carbocycles. The highest BCUT2D eigenvalue weighted by atomic mass is 32.1. The van der Waals surface area contributed by atoms with E-state index in [1.807, 2.05) is 13.8 Å². The molecule has 0 N–H and O–H groups in total. The quantitative estimate of drug-likeness (QED) is 0.170. The lowest BCUT2D eigenvalue weighted by atomic mass is 9.78. The van der Waals surface area contributed by atoms with E-state index in [-0.39, 0.29) is 21.7 Å². The molecule has 0 saturated carbocycles. The molecule has 8 aromatic rings. The zero-order chi connectivity index (χ0) is 58.7. The third-order valence-corrected chi connectivity index (χ3v) is 16.4. The van der Waals surface area contributed by atoms with E-state index in [4.69, 9.17) is 18.8 Å². The summed E-state index contributed by atoms with van der Waals surface area (Å²) in [6.45, 7) is 44.1. The zero-order valence-electron chi connectivity index (χ0n) is 52.0. The summed E-state index contributed by atoms with van der Waals surface area (Å²) in [5.74, 6) is 3.72. The van der Waals surface area contributed by atoms with E-state index >= 15 is 0 Å². The van der Waals surface area contributed by atoms with Crippen LogP contribution in [0.3, 0.4) is 0 Å². The number of benzene rings is 5. The van der Waals surface area contributed by atoms with Crippen molar-refractivity contribution in [3.63, 3.8) is 0 Å². The fourth-order valence-corrected chi connectivity index (χ4v) is 11.7. The Balaban J connectivity index is 0.000000132. The number of aromatic nitrogens is 3. The fraction of sp³-hybridized carbons (Fsp3) is 0.423. The smallest absolute Gasteiger partial charge is 0.243 e.